The second-order valence-corrected chi connectivity index (χ2v) is 18.4. The minimum Gasteiger partial charge on any atom is -0.487 e. The molecule has 1 aliphatic carbocycles. The van der Waals surface area contributed by atoms with E-state index >= 15 is 4.39 Å². The maximum atomic E-state index is 15.0. The number of likely N-dealkylation sites (tertiary alicyclic amines) is 1. The van der Waals surface area contributed by atoms with Gasteiger partial charge in [-0.15, -0.1) is 11.3 Å². The van der Waals surface area contributed by atoms with Crippen LogP contribution in [-0.2, 0) is 33.4 Å². The average molecular weight is 974 g/mol. The molecular formula is C51H65F2N7O8S. The molecule has 18 heteroatoms. The SMILES string of the molecule is CN[C@@H](C)C(=O)N[C@H](C(=O)N1CCC[C@H]1C(=O)N[C@H](C(=O)NCCOCCOCCOc1c(-c2csc(N3CCOCC3)n2)ccc(F)c1F)C(c1ccccc1)c1ccccc1)C1CCCCC1. The van der Waals surface area contributed by atoms with Crippen molar-refractivity contribution < 1.29 is 46.9 Å². The van der Waals surface area contributed by atoms with Gasteiger partial charge in [0.2, 0.25) is 29.4 Å². The number of amides is 4. The number of nitrogens with zero attached hydrogens (tertiary/aromatic N) is 3. The van der Waals surface area contributed by atoms with Crippen molar-refractivity contribution in [2.45, 2.75) is 82.0 Å². The zero-order valence-electron chi connectivity index (χ0n) is 39.5. The zero-order chi connectivity index (χ0) is 48.5. The minimum absolute atomic E-state index is 0.0401. The lowest BCUT2D eigenvalue weighted by atomic mass is 9.83. The highest BCUT2D eigenvalue weighted by Gasteiger charge is 2.43. The van der Waals surface area contributed by atoms with Crippen LogP contribution in [0.1, 0.15) is 68.9 Å². The van der Waals surface area contributed by atoms with Crippen molar-refractivity contribution in [2.24, 2.45) is 5.92 Å². The third-order valence-corrected chi connectivity index (χ3v) is 14.0. The molecule has 3 aliphatic rings. The molecule has 2 saturated heterocycles. The Morgan fingerprint density at radius 2 is 1.46 bits per heavy atom. The van der Waals surface area contributed by atoms with Gasteiger partial charge in [-0.05, 0) is 68.8 Å². The smallest absolute Gasteiger partial charge is 0.246 e. The first-order valence-electron chi connectivity index (χ1n) is 24.2. The van der Waals surface area contributed by atoms with E-state index in [1.807, 2.05) is 60.7 Å². The van der Waals surface area contributed by atoms with Crippen LogP contribution in [0.15, 0.2) is 78.2 Å². The standard InChI is InChI=1S/C51H65F2N7O8S/c1-34(54-2)47(61)57-44(37-17-10-5-11-18-37)50(64)60-23-12-19-41(60)48(62)58-45(42(35-13-6-3-7-14-35)36-15-8-4-9-16-36)49(63)55-22-26-65-29-30-67-31-32-68-46-38(20-21-39(52)43(46)53)40-33-69-51(56-40)59-24-27-66-28-25-59/h3-4,6-9,13-16,20-21,33-34,37,41-42,44-45,54H,5,10-12,17-19,22-32H2,1-2H3,(H,55,63)(H,57,61)(H,58,62)/t34-,41-,44-,45-/m0/s1. The van der Waals surface area contributed by atoms with Crippen molar-refractivity contribution in [2.75, 3.05) is 84.4 Å². The van der Waals surface area contributed by atoms with Gasteiger partial charge < -0.3 is 50.0 Å². The molecule has 69 heavy (non-hydrogen) atoms. The number of thiazole rings is 1. The first kappa shape index (κ1) is 51.3. The van der Waals surface area contributed by atoms with Crippen LogP contribution in [0.25, 0.3) is 11.3 Å². The summed E-state index contributed by atoms with van der Waals surface area (Å²) in [6.45, 7) is 5.31. The van der Waals surface area contributed by atoms with Crippen LogP contribution >= 0.6 is 11.3 Å². The summed E-state index contributed by atoms with van der Waals surface area (Å²) in [5.41, 5.74) is 2.45. The van der Waals surface area contributed by atoms with Crippen LogP contribution in [0.3, 0.4) is 0 Å². The Labute approximate surface area is 407 Å². The quantitative estimate of drug-likeness (QED) is 0.0699. The van der Waals surface area contributed by atoms with E-state index in [1.165, 1.54) is 17.4 Å². The summed E-state index contributed by atoms with van der Waals surface area (Å²) in [4.78, 5) is 64.8. The van der Waals surface area contributed by atoms with Gasteiger partial charge in [-0.1, -0.05) is 79.9 Å². The number of carbonyl (C=O) groups is 4. The van der Waals surface area contributed by atoms with Crippen LogP contribution < -0.4 is 30.9 Å². The Bertz CT molecular complexity index is 2240. The molecule has 0 bridgehead atoms. The molecule has 4 aromatic rings. The van der Waals surface area contributed by atoms with Crippen molar-refractivity contribution in [3.8, 4) is 17.0 Å². The summed E-state index contributed by atoms with van der Waals surface area (Å²) in [5, 5.41) is 14.6. The second kappa shape index (κ2) is 25.9. The monoisotopic (exact) mass is 973 g/mol. The molecule has 4 atom stereocenters. The number of nitrogens with one attached hydrogen (secondary N) is 4. The zero-order valence-corrected chi connectivity index (χ0v) is 40.3. The lowest BCUT2D eigenvalue weighted by Gasteiger charge is -2.36. The van der Waals surface area contributed by atoms with Gasteiger partial charge in [0, 0.05) is 43.0 Å². The number of carbonyl (C=O) groups excluding carboxylic acids is 4. The molecule has 7 rings (SSSR count). The Morgan fingerprint density at radius 3 is 2.14 bits per heavy atom. The molecule has 0 radical (unpaired) electrons. The van der Waals surface area contributed by atoms with Crippen molar-refractivity contribution in [1.29, 1.82) is 0 Å². The summed E-state index contributed by atoms with van der Waals surface area (Å²) in [6.07, 6.45) is 5.66. The fourth-order valence-electron chi connectivity index (χ4n) is 9.23. The number of ether oxygens (including phenoxy) is 4. The Morgan fingerprint density at radius 1 is 0.797 bits per heavy atom. The number of aromatic nitrogens is 1. The summed E-state index contributed by atoms with van der Waals surface area (Å²) in [7, 11) is 1.69. The Balaban J connectivity index is 0.941. The topological polar surface area (TPSA) is 173 Å². The lowest BCUT2D eigenvalue weighted by molar-refractivity contribution is -0.143. The van der Waals surface area contributed by atoms with Crippen LogP contribution in [0.2, 0.25) is 0 Å². The summed E-state index contributed by atoms with van der Waals surface area (Å²) >= 11 is 1.42. The van der Waals surface area contributed by atoms with Crippen molar-refractivity contribution in [1.82, 2.24) is 31.2 Å². The highest BCUT2D eigenvalue weighted by Crippen LogP contribution is 2.37. The van der Waals surface area contributed by atoms with Crippen LogP contribution in [-0.4, -0.2) is 137 Å². The molecule has 372 valence electrons. The highest BCUT2D eigenvalue weighted by molar-refractivity contribution is 7.14. The van der Waals surface area contributed by atoms with Crippen LogP contribution in [0.4, 0.5) is 13.9 Å². The summed E-state index contributed by atoms with van der Waals surface area (Å²) < 4.78 is 51.9. The summed E-state index contributed by atoms with van der Waals surface area (Å²) in [5.74, 6) is -4.40. The molecule has 4 N–H and O–H groups in total. The number of likely N-dealkylation sites (N-methyl/N-ethyl adjacent to an activating group) is 1. The molecule has 4 amide bonds. The van der Waals surface area contributed by atoms with E-state index in [9.17, 15) is 23.6 Å². The third kappa shape index (κ3) is 13.6. The predicted octanol–water partition coefficient (Wildman–Crippen LogP) is 5.43. The van der Waals surface area contributed by atoms with Gasteiger partial charge in [0.25, 0.3) is 0 Å². The molecule has 0 spiro atoms. The van der Waals surface area contributed by atoms with E-state index in [1.54, 1.807) is 24.3 Å². The second-order valence-electron chi connectivity index (χ2n) is 17.6. The number of morpholine rings is 1. The average Bonchev–Trinajstić information content (AvgIpc) is 4.10. The summed E-state index contributed by atoms with van der Waals surface area (Å²) in [6, 6.07) is 18.4. The fourth-order valence-corrected chi connectivity index (χ4v) is 10.1. The maximum absolute atomic E-state index is 15.0. The fraction of sp³-hybridized carbons (Fsp3) is 0.510. The van der Waals surface area contributed by atoms with E-state index < -0.39 is 53.5 Å². The molecule has 3 fully saturated rings. The largest absolute Gasteiger partial charge is 0.487 e. The van der Waals surface area contributed by atoms with E-state index in [0.717, 1.165) is 54.4 Å². The highest BCUT2D eigenvalue weighted by atomic mass is 32.1. The normalized spacial score (nSPS) is 17.8. The van der Waals surface area contributed by atoms with Crippen LogP contribution in [0, 0.1) is 17.6 Å². The predicted molar refractivity (Wildman–Crippen MR) is 259 cm³/mol. The number of benzene rings is 3. The Hall–Kier alpha value is -5.53. The molecule has 2 aliphatic heterocycles. The third-order valence-electron chi connectivity index (χ3n) is 13.1. The molecule has 1 saturated carbocycles. The molecule has 15 nitrogen and oxygen atoms in total. The molecule has 1 aromatic heterocycles. The number of anilines is 1. The minimum atomic E-state index is -1.10. The van der Waals surface area contributed by atoms with E-state index in [-0.39, 0.29) is 63.1 Å². The molecule has 3 aromatic carbocycles. The van der Waals surface area contributed by atoms with E-state index in [2.05, 4.69) is 31.2 Å². The van der Waals surface area contributed by atoms with Gasteiger partial charge in [0.1, 0.15) is 24.7 Å². The maximum Gasteiger partial charge on any atom is 0.246 e. The number of halogens is 2. The van der Waals surface area contributed by atoms with Gasteiger partial charge in [-0.2, -0.15) is 4.39 Å². The van der Waals surface area contributed by atoms with Gasteiger partial charge in [0.15, 0.2) is 16.7 Å². The van der Waals surface area contributed by atoms with Gasteiger partial charge in [0.05, 0.1) is 51.4 Å². The number of hydrogen-bond donors (Lipinski definition) is 4. The van der Waals surface area contributed by atoms with E-state index in [0.29, 0.717) is 56.9 Å². The first-order chi connectivity index (χ1) is 33.6. The number of hydrogen-bond acceptors (Lipinski definition) is 12. The molecule has 3 heterocycles. The van der Waals surface area contributed by atoms with Gasteiger partial charge in [-0.3, -0.25) is 19.2 Å². The van der Waals surface area contributed by atoms with Gasteiger partial charge in [-0.25, -0.2) is 9.37 Å². The van der Waals surface area contributed by atoms with Crippen molar-refractivity contribution in [3.05, 3.63) is 101 Å². The van der Waals surface area contributed by atoms with Gasteiger partial charge >= 0.3 is 0 Å². The molecular weight excluding hydrogens is 909 g/mol. The lowest BCUT2D eigenvalue weighted by Crippen LogP contribution is -2.59. The van der Waals surface area contributed by atoms with Crippen molar-refractivity contribution in [3.63, 3.8) is 0 Å². The Kier molecular flexibility index (Phi) is 19.3. The van der Waals surface area contributed by atoms with Crippen molar-refractivity contribution >= 4 is 40.1 Å². The first-order valence-corrected chi connectivity index (χ1v) is 25.0. The molecule has 0 unspecified atom stereocenters. The van der Waals surface area contributed by atoms with E-state index in [4.69, 9.17) is 18.9 Å². The number of rotatable bonds is 23. The van der Waals surface area contributed by atoms with Crippen LogP contribution in [0.5, 0.6) is 5.75 Å².